The lowest BCUT2D eigenvalue weighted by Gasteiger charge is -2.11. The number of hydrogen-bond donors (Lipinski definition) is 0. The summed E-state index contributed by atoms with van der Waals surface area (Å²) >= 11 is 0. The quantitative estimate of drug-likeness (QED) is 0.438. The van der Waals surface area contributed by atoms with E-state index in [2.05, 4.69) is 18.4 Å². The van der Waals surface area contributed by atoms with E-state index in [1.54, 1.807) is 0 Å². The Kier molecular flexibility index (Phi) is 5.56. The number of aryl methyl sites for hydroxylation is 1. The third kappa shape index (κ3) is 4.23. The average molecular weight is 345 g/mol. The molecule has 2 heterocycles. The van der Waals surface area contributed by atoms with E-state index in [1.807, 2.05) is 19.9 Å². The molecule has 0 aliphatic rings. The number of ketones is 1. The lowest BCUT2D eigenvalue weighted by Crippen LogP contribution is -2.23. The van der Waals surface area contributed by atoms with Crippen molar-refractivity contribution in [2.75, 3.05) is 0 Å². The number of Topliss-reactive ketones (excluding diaryl/α,β-unsaturated/α-hetero) is 1. The zero-order valence-electron chi connectivity index (χ0n) is 15.0. The van der Waals surface area contributed by atoms with Crippen molar-refractivity contribution in [3.63, 3.8) is 0 Å². The van der Waals surface area contributed by atoms with Crippen LogP contribution < -0.4 is 5.56 Å². The molecule has 0 aliphatic carbocycles. The molecule has 0 unspecified atom stereocenters. The summed E-state index contributed by atoms with van der Waals surface area (Å²) < 4.78 is 3.18. The summed E-state index contributed by atoms with van der Waals surface area (Å²) in [4.78, 5) is 34.8. The van der Waals surface area contributed by atoms with E-state index >= 15 is 0 Å². The SMILES string of the molecule is Cc1cc(C(=O)Cn2cc([N+](=O)[O-])ccc2=O)c(C)n1CCC(C)C. The maximum absolute atomic E-state index is 12.6. The van der Waals surface area contributed by atoms with Gasteiger partial charge in [-0.1, -0.05) is 13.8 Å². The zero-order valence-corrected chi connectivity index (χ0v) is 15.0. The minimum Gasteiger partial charge on any atom is -0.348 e. The fourth-order valence-electron chi connectivity index (χ4n) is 2.80. The normalized spacial score (nSPS) is 11.1. The second-order valence-electron chi connectivity index (χ2n) is 6.65. The standard InChI is InChI=1S/C18H23N3O4/c1-12(2)7-8-20-13(3)9-16(14(20)4)17(22)11-19-10-15(21(24)25)5-6-18(19)23/h5-6,9-10,12H,7-8,11H2,1-4H3. The van der Waals surface area contributed by atoms with Gasteiger partial charge in [0.25, 0.3) is 11.2 Å². The molecule has 0 saturated carbocycles. The van der Waals surface area contributed by atoms with Crippen LogP contribution >= 0.6 is 0 Å². The van der Waals surface area contributed by atoms with Crippen molar-refractivity contribution in [2.24, 2.45) is 5.92 Å². The first-order chi connectivity index (χ1) is 11.7. The fraction of sp³-hybridized carbons (Fsp3) is 0.444. The average Bonchev–Trinajstić information content (AvgIpc) is 2.81. The van der Waals surface area contributed by atoms with Crippen molar-refractivity contribution in [2.45, 2.75) is 47.2 Å². The third-order valence-corrected chi connectivity index (χ3v) is 4.30. The molecule has 0 aromatic carbocycles. The van der Waals surface area contributed by atoms with E-state index in [0.29, 0.717) is 11.5 Å². The van der Waals surface area contributed by atoms with Gasteiger partial charge in [0.1, 0.15) is 0 Å². The van der Waals surface area contributed by atoms with Gasteiger partial charge in [-0.15, -0.1) is 0 Å². The predicted octanol–water partition coefficient (Wildman–Crippen LogP) is 3.10. The lowest BCUT2D eigenvalue weighted by molar-refractivity contribution is -0.385. The van der Waals surface area contributed by atoms with E-state index in [9.17, 15) is 19.7 Å². The largest absolute Gasteiger partial charge is 0.348 e. The van der Waals surface area contributed by atoms with Crippen LogP contribution in [-0.2, 0) is 13.1 Å². The summed E-state index contributed by atoms with van der Waals surface area (Å²) in [6.07, 6.45) is 2.12. The van der Waals surface area contributed by atoms with Crippen molar-refractivity contribution in [3.8, 4) is 0 Å². The highest BCUT2D eigenvalue weighted by atomic mass is 16.6. The van der Waals surface area contributed by atoms with E-state index < -0.39 is 10.5 Å². The van der Waals surface area contributed by atoms with Crippen molar-refractivity contribution in [3.05, 3.63) is 61.8 Å². The van der Waals surface area contributed by atoms with Crippen LogP contribution in [-0.4, -0.2) is 19.8 Å². The Morgan fingerprint density at radius 3 is 2.56 bits per heavy atom. The first kappa shape index (κ1) is 18.6. The molecule has 0 atom stereocenters. The Morgan fingerprint density at radius 1 is 1.28 bits per heavy atom. The van der Waals surface area contributed by atoms with Gasteiger partial charge >= 0.3 is 0 Å². The molecule has 7 heteroatoms. The van der Waals surface area contributed by atoms with Crippen LogP contribution in [0.1, 0.15) is 42.0 Å². The summed E-state index contributed by atoms with van der Waals surface area (Å²) in [5.41, 5.74) is 1.76. The van der Waals surface area contributed by atoms with Gasteiger partial charge in [-0.3, -0.25) is 19.7 Å². The second kappa shape index (κ2) is 7.46. The Bertz CT molecular complexity index is 862. The molecule has 25 heavy (non-hydrogen) atoms. The van der Waals surface area contributed by atoms with Crippen LogP contribution in [0.25, 0.3) is 0 Å². The molecule has 0 bridgehead atoms. The van der Waals surface area contributed by atoms with E-state index in [4.69, 9.17) is 0 Å². The van der Waals surface area contributed by atoms with Crippen LogP contribution in [0.2, 0.25) is 0 Å². The van der Waals surface area contributed by atoms with E-state index in [0.717, 1.165) is 47.3 Å². The smallest absolute Gasteiger partial charge is 0.285 e. The maximum atomic E-state index is 12.6. The monoisotopic (exact) mass is 345 g/mol. The molecule has 134 valence electrons. The van der Waals surface area contributed by atoms with Crippen LogP contribution in [0, 0.1) is 29.9 Å². The summed E-state index contributed by atoms with van der Waals surface area (Å²) in [5, 5.41) is 10.9. The van der Waals surface area contributed by atoms with Gasteiger partial charge in [0.05, 0.1) is 17.7 Å². The molecule has 2 rings (SSSR count). The van der Waals surface area contributed by atoms with Gasteiger partial charge in [-0.2, -0.15) is 0 Å². The molecule has 0 N–H and O–H groups in total. The molecule has 0 radical (unpaired) electrons. The summed E-state index contributed by atoms with van der Waals surface area (Å²) in [6.45, 7) is 8.75. The lowest BCUT2D eigenvalue weighted by atomic mass is 10.1. The van der Waals surface area contributed by atoms with Crippen LogP contribution in [0.15, 0.2) is 29.2 Å². The summed E-state index contributed by atoms with van der Waals surface area (Å²) in [6, 6.07) is 4.07. The first-order valence-corrected chi connectivity index (χ1v) is 8.25. The highest BCUT2D eigenvalue weighted by Gasteiger charge is 2.17. The Hall–Kier alpha value is -2.70. The van der Waals surface area contributed by atoms with Gasteiger partial charge in [0, 0.05) is 35.6 Å². The number of carbonyl (C=O) groups is 1. The summed E-state index contributed by atoms with van der Waals surface area (Å²) in [7, 11) is 0. The zero-order chi connectivity index (χ0) is 18.7. The van der Waals surface area contributed by atoms with Crippen molar-refractivity contribution >= 4 is 11.5 Å². The number of nitro groups is 1. The van der Waals surface area contributed by atoms with Crippen molar-refractivity contribution in [1.82, 2.24) is 9.13 Å². The molecule has 0 fully saturated rings. The molecule has 0 spiro atoms. The third-order valence-electron chi connectivity index (χ3n) is 4.30. The number of aromatic nitrogens is 2. The van der Waals surface area contributed by atoms with E-state index in [-0.39, 0.29) is 18.0 Å². The van der Waals surface area contributed by atoms with Gasteiger partial charge < -0.3 is 9.13 Å². The van der Waals surface area contributed by atoms with Gasteiger partial charge in [-0.05, 0) is 32.3 Å². The van der Waals surface area contributed by atoms with Crippen LogP contribution in [0.4, 0.5) is 5.69 Å². The number of carbonyl (C=O) groups excluding carboxylic acids is 1. The maximum Gasteiger partial charge on any atom is 0.285 e. The molecule has 7 nitrogen and oxygen atoms in total. The minimum absolute atomic E-state index is 0.213. The Morgan fingerprint density at radius 2 is 1.96 bits per heavy atom. The minimum atomic E-state index is -0.585. The number of hydrogen-bond acceptors (Lipinski definition) is 4. The Labute approximate surface area is 146 Å². The Balaban J connectivity index is 2.27. The topological polar surface area (TPSA) is 87.1 Å². The predicted molar refractivity (Wildman–Crippen MR) is 95.0 cm³/mol. The number of nitrogens with zero attached hydrogens (tertiary/aromatic N) is 3. The van der Waals surface area contributed by atoms with Gasteiger partial charge in [0.2, 0.25) is 0 Å². The molecule has 2 aromatic heterocycles. The molecule has 0 aliphatic heterocycles. The van der Waals surface area contributed by atoms with Crippen molar-refractivity contribution < 1.29 is 9.72 Å². The highest BCUT2D eigenvalue weighted by Crippen LogP contribution is 2.18. The van der Waals surface area contributed by atoms with Crippen LogP contribution in [0.3, 0.4) is 0 Å². The van der Waals surface area contributed by atoms with E-state index in [1.165, 1.54) is 0 Å². The number of rotatable bonds is 7. The molecular weight excluding hydrogens is 322 g/mol. The number of pyridine rings is 1. The first-order valence-electron chi connectivity index (χ1n) is 8.25. The van der Waals surface area contributed by atoms with Crippen molar-refractivity contribution in [1.29, 1.82) is 0 Å². The van der Waals surface area contributed by atoms with Gasteiger partial charge in [0.15, 0.2) is 5.78 Å². The second-order valence-corrected chi connectivity index (χ2v) is 6.65. The van der Waals surface area contributed by atoms with Gasteiger partial charge in [-0.25, -0.2) is 0 Å². The molecular formula is C18H23N3O4. The fourth-order valence-corrected chi connectivity index (χ4v) is 2.80. The summed E-state index contributed by atoms with van der Waals surface area (Å²) in [5.74, 6) is 0.329. The van der Waals surface area contributed by atoms with Crippen LogP contribution in [0.5, 0.6) is 0 Å². The molecule has 0 amide bonds. The molecule has 0 saturated heterocycles. The highest BCUT2D eigenvalue weighted by molar-refractivity contribution is 5.97. The molecule has 2 aromatic rings.